The number of aldehydes is 1. The number of carbonyl (C=O) groups excluding carboxylic acids is 1. The molecule has 0 fully saturated rings. The summed E-state index contributed by atoms with van der Waals surface area (Å²) in [6.07, 6.45) is 0.576. The molecule has 18 heavy (non-hydrogen) atoms. The molecule has 0 atom stereocenters. The van der Waals surface area contributed by atoms with Gasteiger partial charge in [-0.15, -0.1) is 0 Å². The van der Waals surface area contributed by atoms with Crippen LogP contribution in [0, 0.1) is 12.7 Å². The molecule has 2 rings (SSSR count). The fourth-order valence-electron chi connectivity index (χ4n) is 1.72. The van der Waals surface area contributed by atoms with Crippen molar-refractivity contribution in [3.8, 4) is 5.75 Å². The van der Waals surface area contributed by atoms with Gasteiger partial charge in [0.15, 0.2) is 17.9 Å². The van der Waals surface area contributed by atoms with Gasteiger partial charge in [-0.1, -0.05) is 6.07 Å². The van der Waals surface area contributed by atoms with Gasteiger partial charge in [0.05, 0.1) is 17.0 Å². The Labute approximate surface area is 104 Å². The largest absolute Gasteiger partial charge is 0.483 e. The predicted molar refractivity (Wildman–Crippen MR) is 64.1 cm³/mol. The summed E-state index contributed by atoms with van der Waals surface area (Å²) in [7, 11) is 1.79. The minimum atomic E-state index is -0.543. The summed E-state index contributed by atoms with van der Waals surface area (Å²) in [5.41, 5.74) is 1.88. The summed E-state index contributed by atoms with van der Waals surface area (Å²) < 4.78 is 20.6. The second-order valence-electron chi connectivity index (χ2n) is 3.97. The van der Waals surface area contributed by atoms with Crippen LogP contribution in [0.5, 0.6) is 5.75 Å². The molecule has 0 radical (unpaired) electrons. The van der Waals surface area contributed by atoms with Crippen molar-refractivity contribution in [2.45, 2.75) is 13.5 Å². The molecule has 0 bridgehead atoms. The second-order valence-corrected chi connectivity index (χ2v) is 3.97. The van der Waals surface area contributed by atoms with Crippen LogP contribution in [-0.2, 0) is 13.7 Å². The highest BCUT2D eigenvalue weighted by atomic mass is 19.1. The number of rotatable bonds is 4. The molecule has 0 aliphatic heterocycles. The van der Waals surface area contributed by atoms with Crippen molar-refractivity contribution in [3.05, 3.63) is 47.0 Å². The lowest BCUT2D eigenvalue weighted by Gasteiger charge is -2.09. The molecule has 0 aliphatic carbocycles. The number of nitrogens with zero attached hydrogens (tertiary/aromatic N) is 2. The van der Waals surface area contributed by atoms with E-state index in [1.807, 2.05) is 13.0 Å². The van der Waals surface area contributed by atoms with Crippen molar-refractivity contribution in [1.29, 1.82) is 0 Å². The van der Waals surface area contributed by atoms with Gasteiger partial charge in [-0.05, 0) is 25.1 Å². The van der Waals surface area contributed by atoms with Gasteiger partial charge < -0.3 is 4.74 Å². The van der Waals surface area contributed by atoms with E-state index in [1.54, 1.807) is 11.7 Å². The molecule has 0 saturated heterocycles. The van der Waals surface area contributed by atoms with Crippen LogP contribution in [0.25, 0.3) is 0 Å². The summed E-state index contributed by atoms with van der Waals surface area (Å²) in [5.74, 6) is -0.565. The van der Waals surface area contributed by atoms with Gasteiger partial charge >= 0.3 is 0 Å². The highest BCUT2D eigenvalue weighted by Gasteiger charge is 2.10. The van der Waals surface area contributed by atoms with Crippen molar-refractivity contribution >= 4 is 6.29 Å². The Bertz CT molecular complexity index is 578. The Morgan fingerprint density at radius 1 is 1.50 bits per heavy atom. The molecule has 5 heteroatoms. The second kappa shape index (κ2) is 5.00. The number of benzene rings is 1. The Morgan fingerprint density at radius 3 is 2.89 bits per heavy atom. The normalized spacial score (nSPS) is 10.4. The Morgan fingerprint density at radius 2 is 2.28 bits per heavy atom. The Kier molecular flexibility index (Phi) is 3.41. The van der Waals surface area contributed by atoms with Gasteiger partial charge in [0.1, 0.15) is 6.61 Å². The number of hydrogen-bond acceptors (Lipinski definition) is 3. The predicted octanol–water partition coefficient (Wildman–Crippen LogP) is 2.26. The minimum Gasteiger partial charge on any atom is -0.483 e. The third-order valence-corrected chi connectivity index (χ3v) is 2.59. The third kappa shape index (κ3) is 2.40. The van der Waals surface area contributed by atoms with E-state index in [1.165, 1.54) is 18.2 Å². The summed E-state index contributed by atoms with van der Waals surface area (Å²) in [6, 6.07) is 6.10. The van der Waals surface area contributed by atoms with Crippen LogP contribution < -0.4 is 4.74 Å². The molecule has 0 unspecified atom stereocenters. The minimum absolute atomic E-state index is 0.0219. The summed E-state index contributed by atoms with van der Waals surface area (Å²) in [6.45, 7) is 2.03. The number of para-hydroxylation sites is 1. The standard InChI is InChI=1S/C13H13FN2O2/c1-9-6-11(16(2)15-9)8-18-13-10(7-17)4-3-5-12(13)14/h3-7H,8H2,1-2H3. The van der Waals surface area contributed by atoms with Crippen LogP contribution in [0.3, 0.4) is 0 Å². The van der Waals surface area contributed by atoms with Gasteiger partial charge in [-0.2, -0.15) is 5.10 Å². The molecule has 0 aliphatic rings. The van der Waals surface area contributed by atoms with Crippen LogP contribution in [0.4, 0.5) is 4.39 Å². The molecular weight excluding hydrogens is 235 g/mol. The summed E-state index contributed by atoms with van der Waals surface area (Å²) >= 11 is 0. The van der Waals surface area contributed by atoms with E-state index in [2.05, 4.69) is 5.10 Å². The molecule has 0 amide bonds. The van der Waals surface area contributed by atoms with Gasteiger partial charge in [0, 0.05) is 7.05 Å². The van der Waals surface area contributed by atoms with Crippen LogP contribution in [0.1, 0.15) is 21.7 Å². The molecular formula is C13H13FN2O2. The van der Waals surface area contributed by atoms with Gasteiger partial charge in [-0.25, -0.2) is 4.39 Å². The third-order valence-electron chi connectivity index (χ3n) is 2.59. The first-order valence-electron chi connectivity index (χ1n) is 5.48. The first-order chi connectivity index (χ1) is 8.61. The molecule has 4 nitrogen and oxygen atoms in total. The highest BCUT2D eigenvalue weighted by molar-refractivity contribution is 5.79. The van der Waals surface area contributed by atoms with Gasteiger partial charge in [0.25, 0.3) is 0 Å². The summed E-state index contributed by atoms with van der Waals surface area (Å²) in [4.78, 5) is 10.8. The average Bonchev–Trinajstić information content (AvgIpc) is 2.66. The monoisotopic (exact) mass is 248 g/mol. The first-order valence-corrected chi connectivity index (χ1v) is 5.48. The molecule has 1 aromatic carbocycles. The lowest BCUT2D eigenvalue weighted by Crippen LogP contribution is -2.05. The molecule has 2 aromatic rings. The average molecular weight is 248 g/mol. The van der Waals surface area contributed by atoms with E-state index in [0.29, 0.717) is 6.29 Å². The Balaban J connectivity index is 2.20. The fraction of sp³-hybridized carbons (Fsp3) is 0.231. The zero-order valence-corrected chi connectivity index (χ0v) is 10.2. The highest BCUT2D eigenvalue weighted by Crippen LogP contribution is 2.22. The number of aryl methyl sites for hydroxylation is 2. The first kappa shape index (κ1) is 12.3. The SMILES string of the molecule is Cc1cc(COc2c(F)cccc2C=O)n(C)n1. The summed E-state index contributed by atoms with van der Waals surface area (Å²) in [5, 5.41) is 4.16. The van der Waals surface area contributed by atoms with E-state index in [-0.39, 0.29) is 17.9 Å². The van der Waals surface area contributed by atoms with Crippen molar-refractivity contribution in [1.82, 2.24) is 9.78 Å². The molecule has 94 valence electrons. The maximum Gasteiger partial charge on any atom is 0.166 e. The fourth-order valence-corrected chi connectivity index (χ4v) is 1.72. The van der Waals surface area contributed by atoms with Gasteiger partial charge in [-0.3, -0.25) is 9.48 Å². The van der Waals surface area contributed by atoms with E-state index in [4.69, 9.17) is 4.74 Å². The molecule has 1 heterocycles. The van der Waals surface area contributed by atoms with Crippen molar-refractivity contribution in [3.63, 3.8) is 0 Å². The van der Waals surface area contributed by atoms with E-state index < -0.39 is 5.82 Å². The maximum atomic E-state index is 13.5. The number of aromatic nitrogens is 2. The van der Waals surface area contributed by atoms with Crippen LogP contribution in [0.2, 0.25) is 0 Å². The number of carbonyl (C=O) groups is 1. The molecule has 0 saturated carbocycles. The van der Waals surface area contributed by atoms with Crippen molar-refractivity contribution < 1.29 is 13.9 Å². The number of ether oxygens (including phenoxy) is 1. The molecule has 0 spiro atoms. The lowest BCUT2D eigenvalue weighted by atomic mass is 10.2. The van der Waals surface area contributed by atoms with Crippen molar-refractivity contribution in [2.75, 3.05) is 0 Å². The van der Waals surface area contributed by atoms with Crippen molar-refractivity contribution in [2.24, 2.45) is 7.05 Å². The van der Waals surface area contributed by atoms with E-state index >= 15 is 0 Å². The molecule has 0 N–H and O–H groups in total. The number of hydrogen-bond donors (Lipinski definition) is 0. The van der Waals surface area contributed by atoms with E-state index in [9.17, 15) is 9.18 Å². The quantitative estimate of drug-likeness (QED) is 0.779. The van der Waals surface area contributed by atoms with Gasteiger partial charge in [0.2, 0.25) is 0 Å². The van der Waals surface area contributed by atoms with Crippen LogP contribution in [-0.4, -0.2) is 16.1 Å². The van der Waals surface area contributed by atoms with Crippen LogP contribution in [0.15, 0.2) is 24.3 Å². The maximum absolute atomic E-state index is 13.5. The zero-order chi connectivity index (χ0) is 13.1. The topological polar surface area (TPSA) is 44.1 Å². The zero-order valence-electron chi connectivity index (χ0n) is 10.2. The molecule has 1 aromatic heterocycles. The van der Waals surface area contributed by atoms with E-state index in [0.717, 1.165) is 11.4 Å². The smallest absolute Gasteiger partial charge is 0.166 e. The Hall–Kier alpha value is -2.17. The lowest BCUT2D eigenvalue weighted by molar-refractivity contribution is 0.111. The van der Waals surface area contributed by atoms with Crippen LogP contribution >= 0.6 is 0 Å². The number of halogens is 1.